The largest absolute Gasteiger partial charge is 0.481 e. The maximum Gasteiger partial charge on any atom is 0.309 e. The average molecular weight is 285 g/mol. The Hall–Kier alpha value is -0.730. The van der Waals surface area contributed by atoms with Crippen molar-refractivity contribution in [1.29, 1.82) is 0 Å². The van der Waals surface area contributed by atoms with Crippen molar-refractivity contribution in [2.45, 2.75) is 25.7 Å². The molecule has 18 heavy (non-hydrogen) atoms. The number of carboxylic acid groups (broad SMARTS) is 1. The fourth-order valence-corrected chi connectivity index (χ4v) is 3.86. The summed E-state index contributed by atoms with van der Waals surface area (Å²) in [4.78, 5) is 11.6. The Kier molecular flexibility index (Phi) is 2.83. The van der Waals surface area contributed by atoms with Crippen molar-refractivity contribution < 1.29 is 9.90 Å². The Morgan fingerprint density at radius 3 is 2.33 bits per heavy atom. The van der Waals surface area contributed by atoms with Gasteiger partial charge < -0.3 is 5.11 Å². The normalized spacial score (nSPS) is 33.2. The topological polar surface area (TPSA) is 37.3 Å². The average Bonchev–Trinajstić information content (AvgIpc) is 2.92. The van der Waals surface area contributed by atoms with Gasteiger partial charge in [0, 0.05) is 10.0 Å². The molecule has 0 amide bonds. The molecule has 3 rings (SSSR count). The first-order valence-corrected chi connectivity index (χ1v) is 6.94. The van der Waals surface area contributed by atoms with Gasteiger partial charge in [0.25, 0.3) is 0 Å². The molecule has 1 aromatic carbocycles. The molecule has 0 spiro atoms. The van der Waals surface area contributed by atoms with Gasteiger partial charge in [-0.2, -0.15) is 0 Å². The third-order valence-electron chi connectivity index (χ3n) is 4.41. The number of hydrogen-bond acceptors (Lipinski definition) is 1. The molecule has 2 saturated carbocycles. The van der Waals surface area contributed by atoms with Crippen LogP contribution in [0.5, 0.6) is 0 Å². The monoisotopic (exact) mass is 284 g/mol. The van der Waals surface area contributed by atoms with E-state index in [0.717, 1.165) is 18.4 Å². The Balaban J connectivity index is 1.92. The molecule has 2 nitrogen and oxygen atoms in total. The lowest BCUT2D eigenvalue weighted by Crippen LogP contribution is -2.32. The summed E-state index contributed by atoms with van der Waals surface area (Å²) in [5, 5.41) is 10.7. The predicted molar refractivity (Wildman–Crippen MR) is 71.1 cm³/mol. The van der Waals surface area contributed by atoms with Crippen molar-refractivity contribution in [2.24, 2.45) is 17.3 Å². The lowest BCUT2D eigenvalue weighted by atomic mass is 9.77. The molecule has 0 saturated heterocycles. The zero-order chi connectivity index (χ0) is 12.9. The summed E-state index contributed by atoms with van der Waals surface area (Å²) in [7, 11) is 0. The van der Waals surface area contributed by atoms with E-state index in [0.29, 0.717) is 28.3 Å². The smallest absolute Gasteiger partial charge is 0.309 e. The Morgan fingerprint density at radius 1 is 1.28 bits per heavy atom. The van der Waals surface area contributed by atoms with Crippen molar-refractivity contribution in [3.8, 4) is 0 Å². The fraction of sp³-hybridized carbons (Fsp3) is 0.500. The third kappa shape index (κ3) is 1.92. The first-order chi connectivity index (χ1) is 8.52. The van der Waals surface area contributed by atoms with Crippen molar-refractivity contribution in [1.82, 2.24) is 0 Å². The zero-order valence-corrected chi connectivity index (χ0v) is 11.3. The van der Waals surface area contributed by atoms with Crippen LogP contribution >= 0.6 is 23.2 Å². The van der Waals surface area contributed by atoms with E-state index in [-0.39, 0.29) is 0 Å². The highest BCUT2D eigenvalue weighted by molar-refractivity contribution is 6.36. The molecule has 2 aliphatic rings. The molecule has 2 fully saturated rings. The van der Waals surface area contributed by atoms with Crippen LogP contribution in [-0.2, 0) is 11.2 Å². The summed E-state index contributed by atoms with van der Waals surface area (Å²) < 4.78 is 0. The number of benzene rings is 1. The molecule has 0 aliphatic heterocycles. The van der Waals surface area contributed by atoms with Crippen LogP contribution in [-0.4, -0.2) is 11.1 Å². The summed E-state index contributed by atoms with van der Waals surface area (Å²) in [6.45, 7) is 0. The summed E-state index contributed by atoms with van der Waals surface area (Å²) in [5.41, 5.74) is 0.131. The van der Waals surface area contributed by atoms with Crippen molar-refractivity contribution in [3.63, 3.8) is 0 Å². The van der Waals surface area contributed by atoms with Crippen LogP contribution in [0, 0.1) is 17.3 Å². The molecule has 0 radical (unpaired) electrons. The van der Waals surface area contributed by atoms with E-state index < -0.39 is 11.4 Å². The number of aliphatic carboxylic acids is 1. The molecule has 96 valence electrons. The maximum absolute atomic E-state index is 11.6. The minimum Gasteiger partial charge on any atom is -0.481 e. The second-order valence-electron chi connectivity index (χ2n) is 5.63. The number of fused-ring (bicyclic) bond motifs is 1. The van der Waals surface area contributed by atoms with Gasteiger partial charge >= 0.3 is 5.97 Å². The number of rotatable bonds is 3. The van der Waals surface area contributed by atoms with Crippen LogP contribution in [0.4, 0.5) is 0 Å². The molecule has 0 aromatic heterocycles. The molecule has 1 N–H and O–H groups in total. The highest BCUT2D eigenvalue weighted by Gasteiger charge is 2.57. The first kappa shape index (κ1) is 12.3. The minimum atomic E-state index is -0.703. The summed E-state index contributed by atoms with van der Waals surface area (Å²) in [5.74, 6) is 0.524. The standard InChI is InChI=1S/C14H14Cl2O2/c15-11-2-1-3-12(16)10(11)7-14(13(17)18)5-8-4-9(8)6-14/h1-3,8-9H,4-7H2,(H,17,18). The van der Waals surface area contributed by atoms with E-state index in [2.05, 4.69) is 0 Å². The molecule has 2 aliphatic carbocycles. The third-order valence-corrected chi connectivity index (χ3v) is 5.11. The second kappa shape index (κ2) is 4.14. The van der Waals surface area contributed by atoms with Gasteiger partial charge in [-0.05, 0) is 55.2 Å². The molecule has 2 unspecified atom stereocenters. The van der Waals surface area contributed by atoms with E-state index in [4.69, 9.17) is 23.2 Å². The van der Waals surface area contributed by atoms with Crippen LogP contribution in [0.25, 0.3) is 0 Å². The Labute approximate surface area is 116 Å². The van der Waals surface area contributed by atoms with E-state index in [1.807, 2.05) is 0 Å². The number of halogens is 2. The van der Waals surface area contributed by atoms with Crippen molar-refractivity contribution in [2.75, 3.05) is 0 Å². The van der Waals surface area contributed by atoms with Crippen LogP contribution in [0.3, 0.4) is 0 Å². The number of hydrogen-bond donors (Lipinski definition) is 1. The van der Waals surface area contributed by atoms with E-state index in [1.54, 1.807) is 18.2 Å². The summed E-state index contributed by atoms with van der Waals surface area (Å²) in [6, 6.07) is 5.33. The van der Waals surface area contributed by atoms with Gasteiger partial charge in [0.05, 0.1) is 5.41 Å². The van der Waals surface area contributed by atoms with Gasteiger partial charge in [0.2, 0.25) is 0 Å². The zero-order valence-electron chi connectivity index (χ0n) is 9.83. The quantitative estimate of drug-likeness (QED) is 0.910. The molecular formula is C14H14Cl2O2. The second-order valence-corrected chi connectivity index (χ2v) is 6.44. The molecule has 1 aromatic rings. The SMILES string of the molecule is O=C(O)C1(Cc2c(Cl)cccc2Cl)CC2CC2C1. The van der Waals surface area contributed by atoms with Gasteiger partial charge in [-0.3, -0.25) is 4.79 Å². The molecule has 0 bridgehead atoms. The predicted octanol–water partition coefficient (Wildman–Crippen LogP) is 4.04. The van der Waals surface area contributed by atoms with E-state index >= 15 is 0 Å². The lowest BCUT2D eigenvalue weighted by Gasteiger charge is -2.26. The molecule has 4 heteroatoms. The van der Waals surface area contributed by atoms with Gasteiger partial charge in [-0.15, -0.1) is 0 Å². The highest BCUT2D eigenvalue weighted by atomic mass is 35.5. The Bertz CT molecular complexity index is 482. The van der Waals surface area contributed by atoms with Crippen molar-refractivity contribution >= 4 is 29.2 Å². The van der Waals surface area contributed by atoms with E-state index in [9.17, 15) is 9.90 Å². The summed E-state index contributed by atoms with van der Waals surface area (Å²) in [6.07, 6.45) is 3.20. The number of carboxylic acids is 1. The highest BCUT2D eigenvalue weighted by Crippen LogP contribution is 2.61. The van der Waals surface area contributed by atoms with Gasteiger partial charge in [-0.1, -0.05) is 29.3 Å². The maximum atomic E-state index is 11.6. The number of carbonyl (C=O) groups is 1. The van der Waals surface area contributed by atoms with E-state index in [1.165, 1.54) is 6.42 Å². The lowest BCUT2D eigenvalue weighted by molar-refractivity contribution is -0.149. The van der Waals surface area contributed by atoms with Crippen molar-refractivity contribution in [3.05, 3.63) is 33.8 Å². The summed E-state index contributed by atoms with van der Waals surface area (Å²) >= 11 is 12.3. The molecular weight excluding hydrogens is 271 g/mol. The van der Waals surface area contributed by atoms with Crippen LogP contribution in [0.1, 0.15) is 24.8 Å². The van der Waals surface area contributed by atoms with Crippen LogP contribution < -0.4 is 0 Å². The molecule has 2 atom stereocenters. The van der Waals surface area contributed by atoms with Crippen LogP contribution in [0.15, 0.2) is 18.2 Å². The Morgan fingerprint density at radius 2 is 1.83 bits per heavy atom. The fourth-order valence-electron chi connectivity index (χ4n) is 3.33. The van der Waals surface area contributed by atoms with Gasteiger partial charge in [0.1, 0.15) is 0 Å². The first-order valence-electron chi connectivity index (χ1n) is 6.18. The van der Waals surface area contributed by atoms with Crippen LogP contribution in [0.2, 0.25) is 10.0 Å². The molecule has 0 heterocycles. The van der Waals surface area contributed by atoms with Gasteiger partial charge in [0.15, 0.2) is 0 Å². The van der Waals surface area contributed by atoms with Gasteiger partial charge in [-0.25, -0.2) is 0 Å². The minimum absolute atomic E-state index is 0.452.